The molecule has 2 aromatic rings. The van der Waals surface area contributed by atoms with Crippen LogP contribution in [0.5, 0.6) is 0 Å². The molecule has 30 heavy (non-hydrogen) atoms. The van der Waals surface area contributed by atoms with Crippen LogP contribution in [0.15, 0.2) is 35.2 Å². The van der Waals surface area contributed by atoms with Crippen LogP contribution < -0.4 is 10.2 Å². The molecule has 0 unspecified atom stereocenters. The summed E-state index contributed by atoms with van der Waals surface area (Å²) in [6.07, 6.45) is 0. The van der Waals surface area contributed by atoms with Gasteiger partial charge in [0.1, 0.15) is 0 Å². The molecular formula is C23H34BNO4S. The van der Waals surface area contributed by atoms with Crippen LogP contribution in [0.25, 0.3) is 10.8 Å². The van der Waals surface area contributed by atoms with Gasteiger partial charge in [0.25, 0.3) is 0 Å². The zero-order valence-corrected chi connectivity index (χ0v) is 20.4. The Morgan fingerprint density at radius 1 is 0.933 bits per heavy atom. The van der Waals surface area contributed by atoms with Gasteiger partial charge in [-0.3, -0.25) is 0 Å². The largest absolute Gasteiger partial charge is 0.495 e. The molecule has 0 aromatic heterocycles. The maximum Gasteiger partial charge on any atom is 0.495 e. The van der Waals surface area contributed by atoms with Crippen molar-refractivity contribution < 1.29 is 17.7 Å². The van der Waals surface area contributed by atoms with Crippen molar-refractivity contribution in [3.8, 4) is 0 Å². The van der Waals surface area contributed by atoms with Crippen molar-refractivity contribution in [2.45, 2.75) is 89.9 Å². The third kappa shape index (κ3) is 4.31. The molecule has 164 valence electrons. The first-order chi connectivity index (χ1) is 13.5. The molecule has 1 heterocycles. The summed E-state index contributed by atoms with van der Waals surface area (Å²) >= 11 is 0. The normalized spacial score (nSPS) is 19.1. The molecule has 7 heteroatoms. The average Bonchev–Trinajstić information content (AvgIpc) is 2.78. The lowest BCUT2D eigenvalue weighted by Gasteiger charge is -2.32. The molecule has 1 aliphatic heterocycles. The summed E-state index contributed by atoms with van der Waals surface area (Å²) in [4.78, 5) is 0.267. The molecule has 1 saturated heterocycles. The third-order valence-electron chi connectivity index (χ3n) is 5.94. The van der Waals surface area contributed by atoms with Crippen molar-refractivity contribution >= 4 is 33.4 Å². The molecule has 0 spiro atoms. The maximum absolute atomic E-state index is 13.1. The van der Waals surface area contributed by atoms with Crippen LogP contribution in [0.3, 0.4) is 0 Å². The Balaban J connectivity index is 2.23. The number of hydrogen-bond donors (Lipinski definition) is 1. The summed E-state index contributed by atoms with van der Waals surface area (Å²) in [6, 6.07) is 9.45. The second-order valence-electron chi connectivity index (χ2n) is 10.6. The Morgan fingerprint density at radius 3 is 2.00 bits per heavy atom. The molecule has 0 amide bonds. The lowest BCUT2D eigenvalue weighted by atomic mass is 9.75. The molecular weight excluding hydrogens is 397 g/mol. The quantitative estimate of drug-likeness (QED) is 0.732. The van der Waals surface area contributed by atoms with Crippen LogP contribution in [0, 0.1) is 0 Å². The van der Waals surface area contributed by atoms with Crippen molar-refractivity contribution in [1.29, 1.82) is 0 Å². The highest BCUT2D eigenvalue weighted by Crippen LogP contribution is 2.37. The van der Waals surface area contributed by atoms with Gasteiger partial charge in [-0.05, 0) is 76.9 Å². The van der Waals surface area contributed by atoms with Crippen molar-refractivity contribution in [3.63, 3.8) is 0 Å². The number of nitrogens with one attached hydrogen (secondary N) is 1. The third-order valence-corrected chi connectivity index (χ3v) is 7.75. The van der Waals surface area contributed by atoms with Crippen LogP contribution in [0.4, 0.5) is 0 Å². The van der Waals surface area contributed by atoms with Crippen molar-refractivity contribution in [1.82, 2.24) is 4.72 Å². The number of hydrogen-bond acceptors (Lipinski definition) is 4. The molecule has 1 aliphatic rings. The minimum atomic E-state index is -3.70. The molecule has 1 N–H and O–H groups in total. The highest BCUT2D eigenvalue weighted by atomic mass is 32.2. The summed E-state index contributed by atoms with van der Waals surface area (Å²) in [5.41, 5.74) is 0.462. The smallest absolute Gasteiger partial charge is 0.399 e. The monoisotopic (exact) mass is 431 g/mol. The predicted molar refractivity (Wildman–Crippen MR) is 124 cm³/mol. The van der Waals surface area contributed by atoms with E-state index in [-0.39, 0.29) is 4.90 Å². The second kappa shape index (κ2) is 7.33. The van der Waals surface area contributed by atoms with Crippen molar-refractivity contribution in [2.24, 2.45) is 0 Å². The first kappa shape index (κ1) is 23.3. The van der Waals surface area contributed by atoms with Gasteiger partial charge in [-0.2, -0.15) is 0 Å². The Hall–Kier alpha value is -1.41. The molecule has 2 aromatic carbocycles. The lowest BCUT2D eigenvalue weighted by Crippen LogP contribution is -2.41. The second-order valence-corrected chi connectivity index (χ2v) is 12.2. The van der Waals surface area contributed by atoms with Crippen LogP contribution >= 0.6 is 0 Å². The van der Waals surface area contributed by atoms with Gasteiger partial charge in [0, 0.05) is 10.9 Å². The van der Waals surface area contributed by atoms with Gasteiger partial charge in [-0.1, -0.05) is 38.1 Å². The highest BCUT2D eigenvalue weighted by Gasteiger charge is 2.52. The van der Waals surface area contributed by atoms with Crippen LogP contribution in [-0.2, 0) is 19.3 Å². The van der Waals surface area contributed by atoms with Crippen molar-refractivity contribution in [2.75, 3.05) is 0 Å². The standard InChI is InChI=1S/C23H34BNO4S/c1-15(2)16-10-11-17-18(14-16)19(24-28-22(6,7)23(8,9)29-24)12-13-20(17)30(26,27)25-21(3,4)5/h10-15,25H,1-9H3. The molecule has 1 fully saturated rings. The van der Waals surface area contributed by atoms with E-state index in [1.165, 1.54) is 0 Å². The Labute approximate surface area is 181 Å². The number of benzene rings is 2. The lowest BCUT2D eigenvalue weighted by molar-refractivity contribution is 0.00578. The molecule has 0 atom stereocenters. The maximum atomic E-state index is 13.1. The topological polar surface area (TPSA) is 64.6 Å². The van der Waals surface area contributed by atoms with E-state index < -0.39 is 33.9 Å². The van der Waals surface area contributed by atoms with E-state index in [9.17, 15) is 8.42 Å². The first-order valence-electron chi connectivity index (χ1n) is 10.5. The predicted octanol–water partition coefficient (Wildman–Crippen LogP) is 4.34. The van der Waals surface area contributed by atoms with E-state index in [0.717, 1.165) is 16.4 Å². The summed E-state index contributed by atoms with van der Waals surface area (Å²) in [7, 11) is -4.26. The fourth-order valence-electron chi connectivity index (χ4n) is 3.59. The number of sulfonamides is 1. The minimum absolute atomic E-state index is 0.267. The Bertz CT molecular complexity index is 1050. The number of rotatable bonds is 4. The summed E-state index contributed by atoms with van der Waals surface area (Å²) in [6.45, 7) is 17.8. The zero-order chi connectivity index (χ0) is 22.7. The summed E-state index contributed by atoms with van der Waals surface area (Å²) in [5, 5.41) is 1.51. The van der Waals surface area contributed by atoms with E-state index in [2.05, 4.69) is 24.6 Å². The molecule has 0 radical (unpaired) electrons. The van der Waals surface area contributed by atoms with Crippen LogP contribution in [0.2, 0.25) is 0 Å². The van der Waals surface area contributed by atoms with Gasteiger partial charge in [0.2, 0.25) is 10.0 Å². The Kier molecular flexibility index (Phi) is 5.69. The van der Waals surface area contributed by atoms with Gasteiger partial charge in [-0.25, -0.2) is 13.1 Å². The number of fused-ring (bicyclic) bond motifs is 1. The first-order valence-corrected chi connectivity index (χ1v) is 12.0. The molecule has 0 saturated carbocycles. The van der Waals surface area contributed by atoms with Gasteiger partial charge in [-0.15, -0.1) is 0 Å². The van der Waals surface area contributed by atoms with Gasteiger partial charge in [0.15, 0.2) is 0 Å². The molecule has 0 bridgehead atoms. The molecule has 0 aliphatic carbocycles. The van der Waals surface area contributed by atoms with Gasteiger partial charge >= 0.3 is 7.12 Å². The van der Waals surface area contributed by atoms with E-state index in [0.29, 0.717) is 11.3 Å². The minimum Gasteiger partial charge on any atom is -0.399 e. The van der Waals surface area contributed by atoms with Crippen LogP contribution in [-0.4, -0.2) is 32.3 Å². The van der Waals surface area contributed by atoms with Crippen LogP contribution in [0.1, 0.15) is 73.8 Å². The van der Waals surface area contributed by atoms with Gasteiger partial charge in [0.05, 0.1) is 16.1 Å². The fraction of sp³-hybridized carbons (Fsp3) is 0.565. The van der Waals surface area contributed by atoms with Crippen molar-refractivity contribution in [3.05, 3.63) is 35.9 Å². The summed E-state index contributed by atoms with van der Waals surface area (Å²) < 4.78 is 41.6. The average molecular weight is 431 g/mol. The molecule has 5 nitrogen and oxygen atoms in total. The van der Waals surface area contributed by atoms with E-state index in [1.807, 2.05) is 66.7 Å². The zero-order valence-electron chi connectivity index (χ0n) is 19.6. The molecule has 3 rings (SSSR count). The van der Waals surface area contributed by atoms with E-state index in [1.54, 1.807) is 6.07 Å². The summed E-state index contributed by atoms with van der Waals surface area (Å²) in [5.74, 6) is 0.313. The van der Waals surface area contributed by atoms with E-state index in [4.69, 9.17) is 9.31 Å². The van der Waals surface area contributed by atoms with E-state index >= 15 is 0 Å². The fourth-order valence-corrected chi connectivity index (χ4v) is 5.22. The highest BCUT2D eigenvalue weighted by molar-refractivity contribution is 7.89. The SMILES string of the molecule is CC(C)c1ccc2c(S(=O)(=O)NC(C)(C)C)ccc(B3OC(C)(C)C(C)(C)O3)c2c1. The Morgan fingerprint density at radius 2 is 1.50 bits per heavy atom. The van der Waals surface area contributed by atoms with Gasteiger partial charge < -0.3 is 9.31 Å².